The van der Waals surface area contributed by atoms with Crippen molar-refractivity contribution in [3.05, 3.63) is 0 Å². The topological polar surface area (TPSA) is 46.8 Å². The highest BCUT2D eigenvalue weighted by Gasteiger charge is 1.58. The molecule has 3 nitrogen and oxygen atoms in total. The fourth-order valence-corrected chi connectivity index (χ4v) is 0. The molecular weight excluding hydrogens is 104 g/mol. The van der Waals surface area contributed by atoms with Crippen LogP contribution >= 0.6 is 0 Å². The highest BCUT2D eigenvalue weighted by molar-refractivity contribution is 4.09. The summed E-state index contributed by atoms with van der Waals surface area (Å²) in [5.74, 6) is 0. The SMILES string of the molecule is CN(C)C.CNC.O. The Morgan fingerprint density at radius 3 is 1.00 bits per heavy atom. The number of hydrogen-bond acceptors (Lipinski definition) is 2. The van der Waals surface area contributed by atoms with Gasteiger partial charge < -0.3 is 15.7 Å². The van der Waals surface area contributed by atoms with Gasteiger partial charge in [0.25, 0.3) is 0 Å². The second-order valence-electron chi connectivity index (χ2n) is 1.84. The van der Waals surface area contributed by atoms with E-state index in [2.05, 4.69) is 5.32 Å². The second kappa shape index (κ2) is 15.8. The highest BCUT2D eigenvalue weighted by Crippen LogP contribution is 1.47. The van der Waals surface area contributed by atoms with E-state index in [1.54, 1.807) is 0 Å². The molecule has 0 aliphatic heterocycles. The summed E-state index contributed by atoms with van der Waals surface area (Å²) in [6.45, 7) is 0. The van der Waals surface area contributed by atoms with Gasteiger partial charge in [-0.05, 0) is 35.2 Å². The third-order valence-corrected chi connectivity index (χ3v) is 0. The van der Waals surface area contributed by atoms with Gasteiger partial charge in [0.15, 0.2) is 0 Å². The molecule has 0 heterocycles. The molecule has 0 aromatic carbocycles. The molecule has 0 unspecified atom stereocenters. The van der Waals surface area contributed by atoms with E-state index in [1.165, 1.54) is 0 Å². The van der Waals surface area contributed by atoms with Gasteiger partial charge in [-0.25, -0.2) is 0 Å². The average molecular weight is 122 g/mol. The van der Waals surface area contributed by atoms with Gasteiger partial charge in [-0.3, -0.25) is 0 Å². The van der Waals surface area contributed by atoms with Crippen molar-refractivity contribution < 1.29 is 5.48 Å². The molecule has 54 valence electrons. The highest BCUT2D eigenvalue weighted by atomic mass is 16.0. The lowest BCUT2D eigenvalue weighted by Gasteiger charge is -1.90. The zero-order chi connectivity index (χ0) is 6.28. The monoisotopic (exact) mass is 122 g/mol. The van der Waals surface area contributed by atoms with E-state index in [1.807, 2.05) is 40.1 Å². The molecule has 3 N–H and O–H groups in total. The first-order chi connectivity index (χ1) is 3.15. The van der Waals surface area contributed by atoms with E-state index in [0.717, 1.165) is 0 Å². The summed E-state index contributed by atoms with van der Waals surface area (Å²) < 4.78 is 0. The third-order valence-electron chi connectivity index (χ3n) is 0. The first kappa shape index (κ1) is 15.7. The maximum absolute atomic E-state index is 2.75. The quantitative estimate of drug-likeness (QED) is 0.457. The summed E-state index contributed by atoms with van der Waals surface area (Å²) >= 11 is 0. The zero-order valence-electron chi connectivity index (χ0n) is 6.45. The van der Waals surface area contributed by atoms with E-state index in [-0.39, 0.29) is 5.48 Å². The number of hydrogen-bond donors (Lipinski definition) is 1. The lowest BCUT2D eigenvalue weighted by atomic mass is 11.0. The minimum absolute atomic E-state index is 0. The summed E-state index contributed by atoms with van der Waals surface area (Å²) in [6.07, 6.45) is 0. The van der Waals surface area contributed by atoms with Gasteiger partial charge in [-0.2, -0.15) is 0 Å². The Labute approximate surface area is 52.0 Å². The standard InChI is InChI=1S/C3H9N.C2H7N.H2O/c1-4(2)3;1-3-2;/h1-3H3;3H,1-2H3;1H2. The first-order valence-electron chi connectivity index (χ1n) is 2.34. The van der Waals surface area contributed by atoms with Crippen LogP contribution in [0.2, 0.25) is 0 Å². The molecule has 0 radical (unpaired) electrons. The van der Waals surface area contributed by atoms with Gasteiger partial charge in [0.1, 0.15) is 0 Å². The fourth-order valence-electron chi connectivity index (χ4n) is 0. The van der Waals surface area contributed by atoms with Crippen LogP contribution in [0.4, 0.5) is 0 Å². The third kappa shape index (κ3) is 9720. The summed E-state index contributed by atoms with van der Waals surface area (Å²) in [5, 5.41) is 2.75. The van der Waals surface area contributed by atoms with Crippen LogP contribution in [-0.4, -0.2) is 45.6 Å². The van der Waals surface area contributed by atoms with Crippen LogP contribution in [0.5, 0.6) is 0 Å². The molecule has 0 aromatic rings. The Bertz CT molecular complexity index is 21.6. The molecule has 3 heteroatoms. The van der Waals surface area contributed by atoms with Crippen molar-refractivity contribution in [3.8, 4) is 0 Å². The Kier molecular flexibility index (Phi) is 30.9. The van der Waals surface area contributed by atoms with E-state index in [4.69, 9.17) is 0 Å². The van der Waals surface area contributed by atoms with Crippen LogP contribution in [0.25, 0.3) is 0 Å². The van der Waals surface area contributed by atoms with Gasteiger partial charge in [0.2, 0.25) is 0 Å². The smallest absolute Gasteiger partial charge is 0.0140 e. The minimum Gasteiger partial charge on any atom is -0.412 e. The van der Waals surface area contributed by atoms with Crippen molar-refractivity contribution >= 4 is 0 Å². The Balaban J connectivity index is -0.0000000575. The lowest BCUT2D eigenvalue weighted by molar-refractivity contribution is 0.505. The molecule has 0 bridgehead atoms. The van der Waals surface area contributed by atoms with Crippen LogP contribution in [-0.2, 0) is 0 Å². The molecule has 0 saturated heterocycles. The zero-order valence-corrected chi connectivity index (χ0v) is 6.45. The molecule has 0 spiro atoms. The van der Waals surface area contributed by atoms with Gasteiger partial charge >= 0.3 is 0 Å². The molecule has 8 heavy (non-hydrogen) atoms. The minimum atomic E-state index is 0. The Morgan fingerprint density at radius 1 is 1.00 bits per heavy atom. The van der Waals surface area contributed by atoms with Crippen LogP contribution in [0.15, 0.2) is 0 Å². The molecule has 0 aromatic heterocycles. The molecule has 0 atom stereocenters. The van der Waals surface area contributed by atoms with E-state index in [0.29, 0.717) is 0 Å². The van der Waals surface area contributed by atoms with Gasteiger partial charge in [-0.15, -0.1) is 0 Å². The van der Waals surface area contributed by atoms with Crippen molar-refractivity contribution in [3.63, 3.8) is 0 Å². The molecular formula is C5H18N2O. The lowest BCUT2D eigenvalue weighted by Crippen LogP contribution is -1.99. The Morgan fingerprint density at radius 2 is 1.00 bits per heavy atom. The predicted molar refractivity (Wildman–Crippen MR) is 38.2 cm³/mol. The summed E-state index contributed by atoms with van der Waals surface area (Å²) in [6, 6.07) is 0. The second-order valence-corrected chi connectivity index (χ2v) is 1.84. The largest absolute Gasteiger partial charge is 0.412 e. The van der Waals surface area contributed by atoms with Crippen molar-refractivity contribution in [2.75, 3.05) is 35.2 Å². The fraction of sp³-hybridized carbons (Fsp3) is 1.00. The molecule has 0 amide bonds. The maximum Gasteiger partial charge on any atom is -0.0140 e. The predicted octanol–water partition coefficient (Wildman–Crippen LogP) is -0.811. The van der Waals surface area contributed by atoms with Gasteiger partial charge in [0.05, 0.1) is 0 Å². The van der Waals surface area contributed by atoms with E-state index >= 15 is 0 Å². The van der Waals surface area contributed by atoms with Gasteiger partial charge in [-0.1, -0.05) is 0 Å². The maximum atomic E-state index is 2.75. The molecule has 0 rings (SSSR count). The number of rotatable bonds is 0. The average Bonchev–Trinajstić information content (AvgIpc) is 1.33. The summed E-state index contributed by atoms with van der Waals surface area (Å²) in [5.41, 5.74) is 0. The molecule has 0 fully saturated rings. The number of nitrogens with one attached hydrogen (secondary N) is 1. The van der Waals surface area contributed by atoms with Crippen LogP contribution < -0.4 is 5.32 Å². The summed E-state index contributed by atoms with van der Waals surface area (Å²) in [4.78, 5) is 2.00. The van der Waals surface area contributed by atoms with Crippen molar-refractivity contribution in [2.24, 2.45) is 0 Å². The van der Waals surface area contributed by atoms with Crippen molar-refractivity contribution in [1.29, 1.82) is 0 Å². The number of nitrogens with zero attached hydrogens (tertiary/aromatic N) is 1. The van der Waals surface area contributed by atoms with Crippen molar-refractivity contribution in [1.82, 2.24) is 10.2 Å². The van der Waals surface area contributed by atoms with Gasteiger partial charge in [0, 0.05) is 0 Å². The van der Waals surface area contributed by atoms with Crippen LogP contribution in [0.3, 0.4) is 0 Å². The van der Waals surface area contributed by atoms with Crippen LogP contribution in [0.1, 0.15) is 0 Å². The van der Waals surface area contributed by atoms with Crippen molar-refractivity contribution in [2.45, 2.75) is 0 Å². The Hall–Kier alpha value is -0.120. The van der Waals surface area contributed by atoms with Crippen LogP contribution in [0, 0.1) is 0 Å². The molecule has 0 aliphatic carbocycles. The van der Waals surface area contributed by atoms with E-state index < -0.39 is 0 Å². The normalized spacial score (nSPS) is 6.75. The molecule has 0 saturated carbocycles. The summed E-state index contributed by atoms with van der Waals surface area (Å²) in [7, 11) is 9.75. The van der Waals surface area contributed by atoms with E-state index in [9.17, 15) is 0 Å². The first-order valence-corrected chi connectivity index (χ1v) is 2.34. The molecule has 0 aliphatic rings.